The van der Waals surface area contributed by atoms with Gasteiger partial charge in [0.15, 0.2) is 0 Å². The van der Waals surface area contributed by atoms with Crippen LogP contribution in [0.4, 0.5) is 0 Å². The maximum atomic E-state index is 12.5. The molecule has 0 aromatic carbocycles. The van der Waals surface area contributed by atoms with Gasteiger partial charge in [-0.3, -0.25) is 9.59 Å². The fourth-order valence-electron chi connectivity index (χ4n) is 2.56. The third kappa shape index (κ3) is 10.1. The third-order valence-electron chi connectivity index (χ3n) is 3.72. The van der Waals surface area contributed by atoms with Crippen LogP contribution in [0.2, 0.25) is 0 Å². The largest absolute Gasteiger partial charge is 0.480 e. The normalized spacial score (nSPS) is 15.1. The molecular formula is C18H35N3O4. The summed E-state index contributed by atoms with van der Waals surface area (Å²) >= 11 is 0. The van der Waals surface area contributed by atoms with Crippen molar-refractivity contribution in [3.8, 4) is 0 Å². The van der Waals surface area contributed by atoms with E-state index in [4.69, 9.17) is 5.73 Å². The van der Waals surface area contributed by atoms with Crippen molar-refractivity contribution < 1.29 is 19.5 Å². The fourth-order valence-corrected chi connectivity index (χ4v) is 2.56. The van der Waals surface area contributed by atoms with Crippen LogP contribution >= 0.6 is 0 Å². The number of carbonyl (C=O) groups excluding carboxylic acids is 2. The summed E-state index contributed by atoms with van der Waals surface area (Å²) in [6.07, 6.45) is 1.27. The Bertz CT molecular complexity index is 450. The van der Waals surface area contributed by atoms with Gasteiger partial charge in [0.05, 0.1) is 6.04 Å². The molecule has 7 heteroatoms. The summed E-state index contributed by atoms with van der Waals surface area (Å²) in [7, 11) is 0. The van der Waals surface area contributed by atoms with Crippen molar-refractivity contribution in [2.75, 3.05) is 0 Å². The molecule has 0 saturated carbocycles. The first-order valence-corrected chi connectivity index (χ1v) is 9.03. The lowest BCUT2D eigenvalue weighted by Gasteiger charge is -2.25. The van der Waals surface area contributed by atoms with Crippen molar-refractivity contribution in [3.05, 3.63) is 0 Å². The lowest BCUT2D eigenvalue weighted by Crippen LogP contribution is -2.55. The molecule has 0 aliphatic heterocycles. The number of carboxylic acids is 1. The van der Waals surface area contributed by atoms with E-state index in [0.717, 1.165) is 0 Å². The number of rotatable bonds is 11. The Morgan fingerprint density at radius 2 is 1.16 bits per heavy atom. The summed E-state index contributed by atoms with van der Waals surface area (Å²) in [5, 5.41) is 14.5. The first-order chi connectivity index (χ1) is 11.4. The van der Waals surface area contributed by atoms with Crippen LogP contribution in [0.5, 0.6) is 0 Å². The Balaban J connectivity index is 5.02. The lowest BCUT2D eigenvalue weighted by molar-refractivity contribution is -0.142. The van der Waals surface area contributed by atoms with E-state index in [1.54, 1.807) is 0 Å². The monoisotopic (exact) mass is 357 g/mol. The number of aliphatic carboxylic acids is 1. The van der Waals surface area contributed by atoms with Crippen molar-refractivity contribution in [2.24, 2.45) is 23.5 Å². The van der Waals surface area contributed by atoms with Gasteiger partial charge in [0.25, 0.3) is 0 Å². The average molecular weight is 357 g/mol. The molecule has 25 heavy (non-hydrogen) atoms. The number of hydrogen-bond acceptors (Lipinski definition) is 4. The molecule has 0 aliphatic carbocycles. The second-order valence-corrected chi connectivity index (χ2v) is 7.96. The van der Waals surface area contributed by atoms with Crippen LogP contribution in [0.25, 0.3) is 0 Å². The fraction of sp³-hybridized carbons (Fsp3) is 0.833. The molecule has 0 radical (unpaired) electrons. The summed E-state index contributed by atoms with van der Waals surface area (Å²) in [6, 6.07) is -2.45. The van der Waals surface area contributed by atoms with Crippen LogP contribution in [0.3, 0.4) is 0 Å². The molecule has 7 nitrogen and oxygen atoms in total. The average Bonchev–Trinajstić information content (AvgIpc) is 2.43. The molecule has 0 rings (SSSR count). The van der Waals surface area contributed by atoms with Gasteiger partial charge in [-0.05, 0) is 37.0 Å². The Labute approximate surface area is 151 Å². The van der Waals surface area contributed by atoms with Crippen molar-refractivity contribution in [2.45, 2.75) is 78.9 Å². The van der Waals surface area contributed by atoms with Crippen molar-refractivity contribution >= 4 is 17.8 Å². The molecule has 3 atom stereocenters. The first kappa shape index (κ1) is 23.4. The van der Waals surface area contributed by atoms with E-state index in [1.165, 1.54) is 0 Å². The Morgan fingerprint density at radius 3 is 1.56 bits per heavy atom. The quantitative estimate of drug-likeness (QED) is 0.446. The minimum Gasteiger partial charge on any atom is -0.480 e. The summed E-state index contributed by atoms with van der Waals surface area (Å²) in [6.45, 7) is 11.6. The van der Waals surface area contributed by atoms with E-state index in [0.29, 0.717) is 19.3 Å². The third-order valence-corrected chi connectivity index (χ3v) is 3.72. The number of nitrogens with two attached hydrogens (primary N) is 1. The Kier molecular flexibility index (Phi) is 10.4. The summed E-state index contributed by atoms with van der Waals surface area (Å²) in [5.41, 5.74) is 5.87. The molecule has 0 fully saturated rings. The minimum atomic E-state index is -1.08. The Hall–Kier alpha value is -1.63. The van der Waals surface area contributed by atoms with E-state index >= 15 is 0 Å². The van der Waals surface area contributed by atoms with Crippen molar-refractivity contribution in [1.82, 2.24) is 10.6 Å². The maximum absolute atomic E-state index is 12.5. The molecule has 0 aromatic heterocycles. The van der Waals surface area contributed by atoms with Gasteiger partial charge in [-0.1, -0.05) is 41.5 Å². The van der Waals surface area contributed by atoms with Crippen LogP contribution in [-0.4, -0.2) is 41.0 Å². The van der Waals surface area contributed by atoms with Gasteiger partial charge >= 0.3 is 5.97 Å². The predicted octanol–water partition coefficient (Wildman–Crippen LogP) is 1.51. The highest BCUT2D eigenvalue weighted by Gasteiger charge is 2.28. The van der Waals surface area contributed by atoms with Gasteiger partial charge in [0, 0.05) is 0 Å². The smallest absolute Gasteiger partial charge is 0.326 e. The number of nitrogens with one attached hydrogen (secondary N) is 2. The zero-order valence-corrected chi connectivity index (χ0v) is 16.3. The highest BCUT2D eigenvalue weighted by Crippen LogP contribution is 2.10. The van der Waals surface area contributed by atoms with Crippen molar-refractivity contribution in [1.29, 1.82) is 0 Å². The molecule has 0 saturated heterocycles. The standard InChI is InChI=1S/C18H35N3O4/c1-10(2)7-13(19)16(22)20-14(8-11(3)4)17(23)21-15(18(24)25)9-12(5)6/h10-15H,7-9,19H2,1-6H3,(H,20,22)(H,21,23)(H,24,25)/t13-,14+,15+/m0/s1. The van der Waals surface area contributed by atoms with Crippen LogP contribution in [0.1, 0.15) is 60.8 Å². The summed E-state index contributed by atoms with van der Waals surface area (Å²) < 4.78 is 0. The zero-order valence-electron chi connectivity index (χ0n) is 16.3. The minimum absolute atomic E-state index is 0.124. The molecule has 5 N–H and O–H groups in total. The number of hydrogen-bond donors (Lipinski definition) is 4. The van der Waals surface area contributed by atoms with E-state index in [2.05, 4.69) is 10.6 Å². The number of amides is 2. The van der Waals surface area contributed by atoms with Crippen LogP contribution in [-0.2, 0) is 14.4 Å². The molecule has 0 spiro atoms. The highest BCUT2D eigenvalue weighted by molar-refractivity contribution is 5.91. The Morgan fingerprint density at radius 1 is 0.760 bits per heavy atom. The first-order valence-electron chi connectivity index (χ1n) is 9.03. The highest BCUT2D eigenvalue weighted by atomic mass is 16.4. The SMILES string of the molecule is CC(C)C[C@H](N)C(=O)N[C@H](CC(C)C)C(=O)N[C@H](CC(C)C)C(=O)O. The molecule has 0 bridgehead atoms. The lowest BCUT2D eigenvalue weighted by atomic mass is 9.99. The zero-order chi connectivity index (χ0) is 19.7. The maximum Gasteiger partial charge on any atom is 0.326 e. The van der Waals surface area contributed by atoms with Crippen LogP contribution in [0, 0.1) is 17.8 Å². The number of carboxylic acid groups (broad SMARTS) is 1. The van der Waals surface area contributed by atoms with Crippen LogP contribution in [0.15, 0.2) is 0 Å². The predicted molar refractivity (Wildman–Crippen MR) is 97.8 cm³/mol. The number of carbonyl (C=O) groups is 3. The molecule has 0 heterocycles. The van der Waals surface area contributed by atoms with Gasteiger partial charge in [-0.15, -0.1) is 0 Å². The van der Waals surface area contributed by atoms with Crippen molar-refractivity contribution in [3.63, 3.8) is 0 Å². The van der Waals surface area contributed by atoms with E-state index in [-0.39, 0.29) is 23.7 Å². The molecule has 0 aliphatic rings. The second-order valence-electron chi connectivity index (χ2n) is 7.96. The van der Waals surface area contributed by atoms with Gasteiger partial charge in [-0.2, -0.15) is 0 Å². The van der Waals surface area contributed by atoms with E-state index in [1.807, 2.05) is 41.5 Å². The second kappa shape index (κ2) is 11.1. The van der Waals surface area contributed by atoms with Gasteiger partial charge in [0.2, 0.25) is 11.8 Å². The van der Waals surface area contributed by atoms with E-state index in [9.17, 15) is 19.5 Å². The molecule has 0 unspecified atom stereocenters. The topological polar surface area (TPSA) is 122 Å². The molecular weight excluding hydrogens is 322 g/mol. The van der Waals surface area contributed by atoms with Gasteiger partial charge in [-0.25, -0.2) is 4.79 Å². The van der Waals surface area contributed by atoms with Gasteiger partial charge < -0.3 is 21.5 Å². The summed E-state index contributed by atoms with van der Waals surface area (Å²) in [5.74, 6) is -1.39. The van der Waals surface area contributed by atoms with Crippen LogP contribution < -0.4 is 16.4 Å². The molecule has 0 aromatic rings. The van der Waals surface area contributed by atoms with Gasteiger partial charge in [0.1, 0.15) is 12.1 Å². The molecule has 146 valence electrons. The summed E-state index contributed by atoms with van der Waals surface area (Å²) in [4.78, 5) is 36.1. The van der Waals surface area contributed by atoms with E-state index < -0.39 is 30.0 Å². The molecule has 2 amide bonds.